The van der Waals surface area contributed by atoms with E-state index in [1.807, 2.05) is 11.9 Å². The van der Waals surface area contributed by atoms with Crippen molar-refractivity contribution in [2.45, 2.75) is 44.9 Å². The normalized spacial score (nSPS) is 17.7. The molecule has 0 aromatic carbocycles. The van der Waals surface area contributed by atoms with Crippen LogP contribution in [0.25, 0.3) is 0 Å². The van der Waals surface area contributed by atoms with E-state index in [9.17, 15) is 4.79 Å². The molecule has 1 saturated carbocycles. The summed E-state index contributed by atoms with van der Waals surface area (Å²) < 4.78 is 0. The van der Waals surface area contributed by atoms with Gasteiger partial charge in [-0.3, -0.25) is 4.79 Å². The number of hydrogen-bond acceptors (Lipinski definition) is 2. The summed E-state index contributed by atoms with van der Waals surface area (Å²) in [6.45, 7) is 1.02. The third-order valence-corrected chi connectivity index (χ3v) is 3.23. The highest BCUT2D eigenvalue weighted by molar-refractivity contribution is 5.75. The zero-order chi connectivity index (χ0) is 11.1. The molecule has 0 heterocycles. The molecule has 0 aliphatic heterocycles. The number of nitrogens with zero attached hydrogens (tertiary/aromatic N) is 1. The minimum absolute atomic E-state index is 0.114. The van der Waals surface area contributed by atoms with E-state index in [-0.39, 0.29) is 12.5 Å². The molecule has 0 aromatic heterocycles. The monoisotopic (exact) mass is 213 g/mol. The van der Waals surface area contributed by atoms with Crippen LogP contribution in [0.2, 0.25) is 0 Å². The van der Waals surface area contributed by atoms with Gasteiger partial charge >= 0.3 is 0 Å². The lowest BCUT2D eigenvalue weighted by Crippen LogP contribution is -2.32. The zero-order valence-electron chi connectivity index (χ0n) is 9.74. The molecule has 0 aromatic rings. The average molecular weight is 213 g/mol. The quantitative estimate of drug-likeness (QED) is 0.756. The maximum atomic E-state index is 11.6. The molecule has 88 valence electrons. The molecule has 0 unspecified atom stereocenters. The molecule has 1 rings (SSSR count). The fraction of sp³-hybridized carbons (Fsp3) is 0.917. The molecule has 0 spiro atoms. The van der Waals surface area contributed by atoms with Gasteiger partial charge in [0.05, 0.1) is 0 Å². The van der Waals surface area contributed by atoms with Gasteiger partial charge in [0.1, 0.15) is 0 Å². The first-order valence-corrected chi connectivity index (χ1v) is 6.09. The Morgan fingerprint density at radius 1 is 1.33 bits per heavy atom. The molecule has 0 radical (unpaired) electrons. The molecular formula is C12H23NO2. The van der Waals surface area contributed by atoms with Crippen LogP contribution in [0.5, 0.6) is 0 Å². The summed E-state index contributed by atoms with van der Waals surface area (Å²) in [7, 11) is 1.88. The summed E-state index contributed by atoms with van der Waals surface area (Å²) in [5.41, 5.74) is 0. The minimum atomic E-state index is 0.114. The van der Waals surface area contributed by atoms with E-state index < -0.39 is 0 Å². The van der Waals surface area contributed by atoms with Crippen molar-refractivity contribution < 1.29 is 9.90 Å². The summed E-state index contributed by atoms with van der Waals surface area (Å²) in [5, 5.41) is 8.65. The zero-order valence-corrected chi connectivity index (χ0v) is 9.74. The van der Waals surface area contributed by atoms with E-state index in [1.165, 1.54) is 32.1 Å². The molecule has 1 N–H and O–H groups in total. The van der Waals surface area contributed by atoms with Gasteiger partial charge in [0.15, 0.2) is 0 Å². The number of hydrogen-bond donors (Lipinski definition) is 1. The second kappa shape index (κ2) is 6.83. The van der Waals surface area contributed by atoms with Crippen molar-refractivity contribution in [3.63, 3.8) is 0 Å². The summed E-state index contributed by atoms with van der Waals surface area (Å²) >= 11 is 0. The molecule has 1 fully saturated rings. The first-order valence-electron chi connectivity index (χ1n) is 6.09. The number of aliphatic hydroxyl groups excluding tert-OH is 1. The van der Waals surface area contributed by atoms with Crippen molar-refractivity contribution in [3.05, 3.63) is 0 Å². The van der Waals surface area contributed by atoms with E-state index in [1.54, 1.807) is 0 Å². The number of carbonyl (C=O) groups is 1. The molecule has 0 saturated heterocycles. The van der Waals surface area contributed by atoms with Crippen LogP contribution in [0.1, 0.15) is 44.9 Å². The van der Waals surface area contributed by atoms with Crippen molar-refractivity contribution in [2.75, 3.05) is 20.2 Å². The van der Waals surface area contributed by atoms with Crippen LogP contribution in [0.4, 0.5) is 0 Å². The highest BCUT2D eigenvalue weighted by Crippen LogP contribution is 2.24. The molecule has 1 amide bonds. The SMILES string of the molecule is CN(CC1CCCCC1)C(=O)CCCO. The lowest BCUT2D eigenvalue weighted by molar-refractivity contribution is -0.130. The van der Waals surface area contributed by atoms with Crippen molar-refractivity contribution >= 4 is 5.91 Å². The van der Waals surface area contributed by atoms with Crippen LogP contribution in [-0.4, -0.2) is 36.1 Å². The van der Waals surface area contributed by atoms with Crippen molar-refractivity contribution in [1.82, 2.24) is 4.90 Å². The second-order valence-corrected chi connectivity index (χ2v) is 4.61. The largest absolute Gasteiger partial charge is 0.396 e. The number of carbonyl (C=O) groups excluding carboxylic acids is 1. The number of rotatable bonds is 5. The van der Waals surface area contributed by atoms with Gasteiger partial charge in [-0.1, -0.05) is 19.3 Å². The van der Waals surface area contributed by atoms with Gasteiger partial charge in [-0.25, -0.2) is 0 Å². The maximum absolute atomic E-state index is 11.6. The van der Waals surface area contributed by atoms with Crippen LogP contribution in [0.15, 0.2) is 0 Å². The predicted molar refractivity (Wildman–Crippen MR) is 60.5 cm³/mol. The Morgan fingerprint density at radius 3 is 2.60 bits per heavy atom. The fourth-order valence-corrected chi connectivity index (χ4v) is 2.28. The van der Waals surface area contributed by atoms with Gasteiger partial charge in [-0.05, 0) is 25.2 Å². The number of amides is 1. The van der Waals surface area contributed by atoms with E-state index in [0.717, 1.165) is 6.54 Å². The van der Waals surface area contributed by atoms with Crippen LogP contribution in [0, 0.1) is 5.92 Å². The lowest BCUT2D eigenvalue weighted by atomic mass is 9.89. The second-order valence-electron chi connectivity index (χ2n) is 4.61. The first-order chi connectivity index (χ1) is 7.24. The van der Waals surface area contributed by atoms with Gasteiger partial charge < -0.3 is 10.0 Å². The molecule has 3 heteroatoms. The van der Waals surface area contributed by atoms with Crippen molar-refractivity contribution in [1.29, 1.82) is 0 Å². The van der Waals surface area contributed by atoms with Gasteiger partial charge in [0, 0.05) is 26.6 Å². The summed E-state index contributed by atoms with van der Waals surface area (Å²) in [6, 6.07) is 0. The Bertz CT molecular complexity index is 188. The Morgan fingerprint density at radius 2 is 2.00 bits per heavy atom. The topological polar surface area (TPSA) is 40.5 Å². The Balaban J connectivity index is 2.20. The Labute approximate surface area is 92.5 Å². The van der Waals surface area contributed by atoms with E-state index in [4.69, 9.17) is 5.11 Å². The predicted octanol–water partition coefficient (Wildman–Crippen LogP) is 1.80. The van der Waals surface area contributed by atoms with Crippen molar-refractivity contribution in [2.24, 2.45) is 5.92 Å². The summed E-state index contributed by atoms with van der Waals surface area (Å²) in [5.74, 6) is 0.886. The van der Waals surface area contributed by atoms with Crippen LogP contribution in [-0.2, 0) is 4.79 Å². The highest BCUT2D eigenvalue weighted by atomic mass is 16.3. The lowest BCUT2D eigenvalue weighted by Gasteiger charge is -2.27. The highest BCUT2D eigenvalue weighted by Gasteiger charge is 2.17. The third-order valence-electron chi connectivity index (χ3n) is 3.23. The van der Waals surface area contributed by atoms with Gasteiger partial charge in [-0.2, -0.15) is 0 Å². The van der Waals surface area contributed by atoms with E-state index >= 15 is 0 Å². The van der Waals surface area contributed by atoms with Gasteiger partial charge in [-0.15, -0.1) is 0 Å². The molecule has 0 bridgehead atoms. The first kappa shape index (κ1) is 12.5. The fourth-order valence-electron chi connectivity index (χ4n) is 2.28. The standard InChI is InChI=1S/C12H23NO2/c1-13(12(15)8-5-9-14)10-11-6-3-2-4-7-11/h11,14H,2-10H2,1H3. The molecule has 15 heavy (non-hydrogen) atoms. The van der Waals surface area contributed by atoms with Crippen molar-refractivity contribution in [3.8, 4) is 0 Å². The third kappa shape index (κ3) is 4.65. The summed E-state index contributed by atoms with van der Waals surface area (Å²) in [6.07, 6.45) is 7.63. The smallest absolute Gasteiger partial charge is 0.222 e. The molecule has 1 aliphatic rings. The summed E-state index contributed by atoms with van der Waals surface area (Å²) in [4.78, 5) is 13.4. The molecule has 1 aliphatic carbocycles. The van der Waals surface area contributed by atoms with Gasteiger partial charge in [0.25, 0.3) is 0 Å². The number of aliphatic hydroxyl groups is 1. The van der Waals surface area contributed by atoms with E-state index in [2.05, 4.69) is 0 Å². The van der Waals surface area contributed by atoms with Crippen LogP contribution >= 0.6 is 0 Å². The molecule has 3 nitrogen and oxygen atoms in total. The van der Waals surface area contributed by atoms with Gasteiger partial charge in [0.2, 0.25) is 5.91 Å². The molecule has 0 atom stereocenters. The van der Waals surface area contributed by atoms with E-state index in [0.29, 0.717) is 18.8 Å². The molecular weight excluding hydrogens is 190 g/mol. The Hall–Kier alpha value is -0.570. The Kier molecular flexibility index (Phi) is 5.69. The van der Waals surface area contributed by atoms with Crippen LogP contribution in [0.3, 0.4) is 0 Å². The average Bonchev–Trinajstić information content (AvgIpc) is 2.27. The minimum Gasteiger partial charge on any atom is -0.396 e. The van der Waals surface area contributed by atoms with Crippen LogP contribution < -0.4 is 0 Å². The maximum Gasteiger partial charge on any atom is 0.222 e.